The SMILES string of the molecule is COC(=O)C[C@@H](c1ccco1)c1c(O)cc(O)c2c(=O)cc(-c3ccccc3)oc12. The second-order valence-corrected chi connectivity index (χ2v) is 6.72. The van der Waals surface area contributed by atoms with E-state index in [2.05, 4.69) is 0 Å². The molecule has 0 bridgehead atoms. The highest BCUT2D eigenvalue weighted by atomic mass is 16.5. The monoisotopic (exact) mass is 406 g/mol. The molecule has 0 spiro atoms. The van der Waals surface area contributed by atoms with Crippen molar-refractivity contribution < 1.29 is 28.6 Å². The minimum absolute atomic E-state index is 0.0239. The van der Waals surface area contributed by atoms with Gasteiger partial charge in [0.1, 0.15) is 34.0 Å². The number of phenolic OH excluding ortho intramolecular Hbond substituents is 2. The topological polar surface area (TPSA) is 110 Å². The molecule has 0 radical (unpaired) electrons. The highest BCUT2D eigenvalue weighted by Gasteiger charge is 2.29. The van der Waals surface area contributed by atoms with Crippen molar-refractivity contribution in [1.82, 2.24) is 0 Å². The summed E-state index contributed by atoms with van der Waals surface area (Å²) in [6, 6.07) is 14.6. The molecule has 152 valence electrons. The van der Waals surface area contributed by atoms with Gasteiger partial charge in [0.15, 0.2) is 5.43 Å². The molecule has 1 atom stereocenters. The number of fused-ring (bicyclic) bond motifs is 1. The molecule has 0 aliphatic carbocycles. The van der Waals surface area contributed by atoms with E-state index in [4.69, 9.17) is 13.6 Å². The van der Waals surface area contributed by atoms with Crippen LogP contribution in [0.5, 0.6) is 11.5 Å². The van der Waals surface area contributed by atoms with Crippen molar-refractivity contribution in [2.75, 3.05) is 7.11 Å². The van der Waals surface area contributed by atoms with Crippen molar-refractivity contribution in [2.24, 2.45) is 0 Å². The molecule has 7 heteroatoms. The summed E-state index contributed by atoms with van der Waals surface area (Å²) >= 11 is 0. The Morgan fingerprint density at radius 2 is 1.83 bits per heavy atom. The lowest BCUT2D eigenvalue weighted by Gasteiger charge is -2.18. The van der Waals surface area contributed by atoms with Gasteiger partial charge in [-0.15, -0.1) is 0 Å². The van der Waals surface area contributed by atoms with Crippen molar-refractivity contribution >= 4 is 16.9 Å². The van der Waals surface area contributed by atoms with Crippen LogP contribution in [0.15, 0.2) is 74.5 Å². The summed E-state index contributed by atoms with van der Waals surface area (Å²) in [5.41, 5.74) is 0.292. The second kappa shape index (κ2) is 7.79. The molecule has 0 amide bonds. The van der Waals surface area contributed by atoms with Crippen LogP contribution in [-0.2, 0) is 9.53 Å². The van der Waals surface area contributed by atoms with Gasteiger partial charge < -0.3 is 23.8 Å². The van der Waals surface area contributed by atoms with Crippen LogP contribution in [0.4, 0.5) is 0 Å². The fourth-order valence-corrected chi connectivity index (χ4v) is 3.49. The summed E-state index contributed by atoms with van der Waals surface area (Å²) in [7, 11) is 1.25. The highest BCUT2D eigenvalue weighted by Crippen LogP contribution is 2.43. The van der Waals surface area contributed by atoms with Crippen molar-refractivity contribution in [3.8, 4) is 22.8 Å². The number of carbonyl (C=O) groups is 1. The van der Waals surface area contributed by atoms with Gasteiger partial charge >= 0.3 is 5.97 Å². The summed E-state index contributed by atoms with van der Waals surface area (Å²) in [6.45, 7) is 0. The fourth-order valence-electron chi connectivity index (χ4n) is 3.49. The predicted octanol–water partition coefficient (Wildman–Crippen LogP) is 4.16. The Kier molecular flexibility index (Phi) is 5.02. The van der Waals surface area contributed by atoms with Gasteiger partial charge in [0.05, 0.1) is 25.7 Å². The van der Waals surface area contributed by atoms with E-state index in [-0.39, 0.29) is 34.5 Å². The van der Waals surface area contributed by atoms with E-state index in [1.165, 1.54) is 19.4 Å². The van der Waals surface area contributed by atoms with Crippen molar-refractivity contribution in [2.45, 2.75) is 12.3 Å². The summed E-state index contributed by atoms with van der Waals surface area (Å²) in [5.74, 6) is -1.47. The van der Waals surface area contributed by atoms with E-state index in [1.54, 1.807) is 36.4 Å². The standard InChI is InChI=1S/C23H18O7/c1-28-20(27)10-14(18-8-5-9-29-18)21-15(24)11-16(25)22-17(26)12-19(30-23(21)22)13-6-3-2-4-7-13/h2-9,11-12,14,24-25H,10H2,1H3/t14-/m0/s1. The van der Waals surface area contributed by atoms with Gasteiger partial charge in [0.25, 0.3) is 0 Å². The Balaban J connectivity index is 2.03. The maximum atomic E-state index is 12.8. The van der Waals surface area contributed by atoms with Crippen LogP contribution in [-0.4, -0.2) is 23.3 Å². The van der Waals surface area contributed by atoms with Gasteiger partial charge in [-0.3, -0.25) is 9.59 Å². The third-order valence-electron chi connectivity index (χ3n) is 4.89. The van der Waals surface area contributed by atoms with Crippen LogP contribution >= 0.6 is 0 Å². The molecule has 2 aromatic heterocycles. The van der Waals surface area contributed by atoms with Gasteiger partial charge in [0, 0.05) is 23.3 Å². The summed E-state index contributed by atoms with van der Waals surface area (Å²) < 4.78 is 16.3. The number of ether oxygens (including phenoxy) is 1. The number of esters is 1. The lowest BCUT2D eigenvalue weighted by molar-refractivity contribution is -0.140. The van der Waals surface area contributed by atoms with E-state index < -0.39 is 23.1 Å². The van der Waals surface area contributed by atoms with Gasteiger partial charge in [0.2, 0.25) is 0 Å². The molecule has 4 aromatic rings. The maximum absolute atomic E-state index is 12.8. The molecule has 30 heavy (non-hydrogen) atoms. The minimum Gasteiger partial charge on any atom is -0.507 e. The third-order valence-corrected chi connectivity index (χ3v) is 4.89. The summed E-state index contributed by atoms with van der Waals surface area (Å²) in [5, 5.41) is 20.9. The molecule has 0 aliphatic rings. The number of furan rings is 1. The molecule has 0 unspecified atom stereocenters. The third kappa shape index (κ3) is 3.41. The summed E-state index contributed by atoms with van der Waals surface area (Å²) in [4.78, 5) is 24.9. The number of hydrogen-bond acceptors (Lipinski definition) is 7. The molecule has 2 N–H and O–H groups in total. The molecule has 0 saturated heterocycles. The zero-order chi connectivity index (χ0) is 21.3. The van der Waals surface area contributed by atoms with Crippen LogP contribution in [0.3, 0.4) is 0 Å². The van der Waals surface area contributed by atoms with Crippen LogP contribution in [0.2, 0.25) is 0 Å². The Morgan fingerprint density at radius 3 is 2.50 bits per heavy atom. The maximum Gasteiger partial charge on any atom is 0.306 e. The van der Waals surface area contributed by atoms with Gasteiger partial charge in [-0.1, -0.05) is 30.3 Å². The molecular formula is C23H18O7. The number of phenols is 2. The van der Waals surface area contributed by atoms with Crippen LogP contribution in [0.1, 0.15) is 23.7 Å². The average molecular weight is 406 g/mol. The van der Waals surface area contributed by atoms with E-state index in [9.17, 15) is 19.8 Å². The number of aromatic hydroxyl groups is 2. The first-order valence-corrected chi connectivity index (χ1v) is 9.18. The van der Waals surface area contributed by atoms with E-state index in [0.29, 0.717) is 11.3 Å². The Labute approximate surface area is 170 Å². The number of carbonyl (C=O) groups excluding carboxylic acids is 1. The normalized spacial score (nSPS) is 12.0. The summed E-state index contributed by atoms with van der Waals surface area (Å²) in [6.07, 6.45) is 1.27. The van der Waals surface area contributed by atoms with Crippen molar-refractivity contribution in [1.29, 1.82) is 0 Å². The molecule has 2 heterocycles. The number of methoxy groups -OCH3 is 1. The second-order valence-electron chi connectivity index (χ2n) is 6.72. The lowest BCUT2D eigenvalue weighted by atomic mass is 9.90. The number of benzene rings is 2. The quantitative estimate of drug-likeness (QED) is 0.479. The molecule has 2 aromatic carbocycles. The zero-order valence-electron chi connectivity index (χ0n) is 16.0. The zero-order valence-corrected chi connectivity index (χ0v) is 16.0. The molecule has 0 fully saturated rings. The lowest BCUT2D eigenvalue weighted by Crippen LogP contribution is -2.12. The Bertz CT molecular complexity index is 1250. The van der Waals surface area contributed by atoms with Crippen molar-refractivity contribution in [3.63, 3.8) is 0 Å². The van der Waals surface area contributed by atoms with Gasteiger partial charge in [-0.05, 0) is 12.1 Å². The van der Waals surface area contributed by atoms with E-state index in [1.807, 2.05) is 6.07 Å². The molecule has 7 nitrogen and oxygen atoms in total. The first-order chi connectivity index (χ1) is 14.5. The van der Waals surface area contributed by atoms with E-state index >= 15 is 0 Å². The van der Waals surface area contributed by atoms with E-state index in [0.717, 1.165) is 6.07 Å². The first kappa shape index (κ1) is 19.3. The molecular weight excluding hydrogens is 388 g/mol. The molecule has 0 aliphatic heterocycles. The van der Waals surface area contributed by atoms with Crippen LogP contribution < -0.4 is 5.43 Å². The van der Waals surface area contributed by atoms with Crippen molar-refractivity contribution in [3.05, 3.63) is 82.4 Å². The molecule has 4 rings (SSSR count). The number of rotatable bonds is 5. The largest absolute Gasteiger partial charge is 0.507 e. The predicted molar refractivity (Wildman–Crippen MR) is 108 cm³/mol. The van der Waals surface area contributed by atoms with Crippen LogP contribution in [0.25, 0.3) is 22.3 Å². The Hall–Kier alpha value is -4.00. The average Bonchev–Trinajstić information content (AvgIpc) is 3.27. The van der Waals surface area contributed by atoms with Gasteiger partial charge in [-0.2, -0.15) is 0 Å². The fraction of sp³-hybridized carbons (Fsp3) is 0.130. The first-order valence-electron chi connectivity index (χ1n) is 9.18. The van der Waals surface area contributed by atoms with Gasteiger partial charge in [-0.25, -0.2) is 0 Å². The minimum atomic E-state index is -0.801. The van der Waals surface area contributed by atoms with Crippen LogP contribution in [0, 0.1) is 0 Å². The highest BCUT2D eigenvalue weighted by molar-refractivity contribution is 5.90. The number of hydrogen-bond donors (Lipinski definition) is 2. The molecule has 0 saturated carbocycles. The smallest absolute Gasteiger partial charge is 0.306 e. The Morgan fingerprint density at radius 1 is 1.07 bits per heavy atom.